The quantitative estimate of drug-likeness (QED) is 0.544. The number of carbonyl (C=O) groups excluding carboxylic acids is 1. The monoisotopic (exact) mass is 431 g/mol. The third-order valence-electron chi connectivity index (χ3n) is 3.42. The fourth-order valence-electron chi connectivity index (χ4n) is 2.31. The van der Waals surface area contributed by atoms with Crippen LogP contribution in [0.3, 0.4) is 0 Å². The third kappa shape index (κ3) is 5.19. The van der Waals surface area contributed by atoms with E-state index in [4.69, 9.17) is 4.42 Å². The summed E-state index contributed by atoms with van der Waals surface area (Å²) >= 11 is 5.16. The van der Waals surface area contributed by atoms with Gasteiger partial charge in [-0.15, -0.1) is 16.9 Å². The van der Waals surface area contributed by atoms with Crippen molar-refractivity contribution in [2.75, 3.05) is 5.32 Å². The maximum atomic E-state index is 12.2. The zero-order valence-electron chi connectivity index (χ0n) is 14.4. The van der Waals surface area contributed by atoms with Crippen molar-refractivity contribution < 1.29 is 9.21 Å². The summed E-state index contributed by atoms with van der Waals surface area (Å²) in [6.07, 6.45) is 0.520. The van der Waals surface area contributed by atoms with Crippen LogP contribution in [0, 0.1) is 0 Å². The van der Waals surface area contributed by atoms with E-state index in [1.807, 2.05) is 17.8 Å². The highest BCUT2D eigenvalue weighted by Crippen LogP contribution is 2.23. The number of nitrogens with zero attached hydrogens (tertiary/aromatic N) is 2. The minimum Gasteiger partial charge on any atom is -0.407 e. The molecule has 26 heavy (non-hydrogen) atoms. The Kier molecular flexibility index (Phi) is 6.11. The topological polar surface area (TPSA) is 68.0 Å². The molecular formula is C19H18BrN3O2S. The third-order valence-corrected chi connectivity index (χ3v) is 4.93. The highest BCUT2D eigenvalue weighted by atomic mass is 79.9. The van der Waals surface area contributed by atoms with E-state index in [9.17, 15) is 4.79 Å². The number of carbonyl (C=O) groups is 1. The van der Waals surface area contributed by atoms with Gasteiger partial charge < -0.3 is 4.42 Å². The van der Waals surface area contributed by atoms with Gasteiger partial charge in [0, 0.05) is 20.2 Å². The first kappa shape index (κ1) is 18.7. The van der Waals surface area contributed by atoms with Gasteiger partial charge in [-0.05, 0) is 35.9 Å². The summed E-state index contributed by atoms with van der Waals surface area (Å²) in [4.78, 5) is 13.4. The van der Waals surface area contributed by atoms with Gasteiger partial charge in [0.2, 0.25) is 5.89 Å². The fourth-order valence-corrected chi connectivity index (χ4v) is 3.54. The molecule has 3 aromatic rings. The molecule has 0 aliphatic carbocycles. The smallest absolute Gasteiger partial charge is 0.322 e. The van der Waals surface area contributed by atoms with Gasteiger partial charge in [0.1, 0.15) is 0 Å². The molecule has 3 rings (SSSR count). The molecule has 0 spiro atoms. The van der Waals surface area contributed by atoms with Crippen LogP contribution in [0.1, 0.15) is 35.7 Å². The zero-order valence-corrected chi connectivity index (χ0v) is 16.8. The highest BCUT2D eigenvalue weighted by Gasteiger charge is 2.12. The first-order valence-electron chi connectivity index (χ1n) is 8.14. The van der Waals surface area contributed by atoms with E-state index < -0.39 is 0 Å². The number of rotatable bonds is 6. The molecule has 0 aliphatic rings. The van der Waals surface area contributed by atoms with E-state index in [1.54, 1.807) is 18.2 Å². The second kappa shape index (κ2) is 8.51. The lowest BCUT2D eigenvalue weighted by Gasteiger charge is -2.05. The summed E-state index contributed by atoms with van der Waals surface area (Å²) in [6.45, 7) is 4.34. The van der Waals surface area contributed by atoms with Crippen molar-refractivity contribution in [1.82, 2.24) is 10.2 Å². The molecule has 0 saturated heterocycles. The number of benzene rings is 2. The maximum absolute atomic E-state index is 12.2. The van der Waals surface area contributed by atoms with E-state index in [0.29, 0.717) is 23.1 Å². The van der Waals surface area contributed by atoms with Crippen LogP contribution in [0.15, 0.2) is 62.3 Å². The van der Waals surface area contributed by atoms with Gasteiger partial charge in [0.05, 0.1) is 6.42 Å². The van der Waals surface area contributed by atoms with Crippen molar-refractivity contribution in [1.29, 1.82) is 0 Å². The normalized spacial score (nSPS) is 10.9. The Labute approximate surface area is 164 Å². The van der Waals surface area contributed by atoms with Gasteiger partial charge >= 0.3 is 6.01 Å². The minimum absolute atomic E-state index is 0.0944. The molecule has 0 atom stereocenters. The number of thioether (sulfide) groups is 1. The van der Waals surface area contributed by atoms with Crippen molar-refractivity contribution >= 4 is 39.6 Å². The zero-order chi connectivity index (χ0) is 18.5. The second-order valence-electron chi connectivity index (χ2n) is 5.95. The summed E-state index contributed by atoms with van der Waals surface area (Å²) in [5.74, 6) is 0.162. The Morgan fingerprint density at radius 3 is 2.65 bits per heavy atom. The number of nitrogens with one attached hydrogen (secondary N) is 1. The SMILES string of the molecule is CC(C)Sc1ccc(Cc2nnc(NC(=O)c3cccc(Br)c3)o2)cc1. The standard InChI is InChI=1S/C19H18BrN3O2S/c1-12(2)26-16-8-6-13(7-9-16)10-17-22-23-19(25-17)21-18(24)14-4-3-5-15(20)11-14/h3-9,11-12H,10H2,1-2H3,(H,21,23,24). The number of aromatic nitrogens is 2. The molecule has 0 unspecified atom stereocenters. The Balaban J connectivity index is 1.62. The highest BCUT2D eigenvalue weighted by molar-refractivity contribution is 9.10. The second-order valence-corrected chi connectivity index (χ2v) is 8.52. The average Bonchev–Trinajstić information content (AvgIpc) is 3.03. The van der Waals surface area contributed by atoms with E-state index in [-0.39, 0.29) is 11.9 Å². The van der Waals surface area contributed by atoms with Crippen LogP contribution in [0.5, 0.6) is 0 Å². The van der Waals surface area contributed by atoms with Gasteiger partial charge in [-0.3, -0.25) is 10.1 Å². The molecule has 0 fully saturated rings. The molecule has 0 aliphatic heterocycles. The summed E-state index contributed by atoms with van der Waals surface area (Å²) in [5, 5.41) is 11.1. The van der Waals surface area contributed by atoms with Crippen molar-refractivity contribution in [3.8, 4) is 0 Å². The lowest BCUT2D eigenvalue weighted by Crippen LogP contribution is -2.11. The molecular weight excluding hydrogens is 414 g/mol. The predicted molar refractivity (Wildman–Crippen MR) is 107 cm³/mol. The molecule has 1 aromatic heterocycles. The summed E-state index contributed by atoms with van der Waals surface area (Å²) < 4.78 is 6.36. The van der Waals surface area contributed by atoms with E-state index in [2.05, 4.69) is 69.6 Å². The van der Waals surface area contributed by atoms with E-state index in [0.717, 1.165) is 10.0 Å². The first-order chi connectivity index (χ1) is 12.5. The summed E-state index contributed by atoms with van der Waals surface area (Å²) in [7, 11) is 0. The van der Waals surface area contributed by atoms with Gasteiger partial charge in [0.15, 0.2) is 0 Å². The summed E-state index contributed by atoms with van der Waals surface area (Å²) in [6, 6.07) is 15.5. The molecule has 7 heteroatoms. The van der Waals surface area contributed by atoms with Crippen LogP contribution in [-0.4, -0.2) is 21.4 Å². The van der Waals surface area contributed by atoms with Gasteiger partial charge in [0.25, 0.3) is 5.91 Å². The lowest BCUT2D eigenvalue weighted by atomic mass is 10.1. The van der Waals surface area contributed by atoms with Gasteiger partial charge in [-0.1, -0.05) is 53.1 Å². The minimum atomic E-state index is -0.295. The van der Waals surface area contributed by atoms with Crippen LogP contribution < -0.4 is 5.32 Å². The van der Waals surface area contributed by atoms with E-state index in [1.165, 1.54) is 4.90 Å². The number of amides is 1. The molecule has 0 radical (unpaired) electrons. The number of hydrogen-bond donors (Lipinski definition) is 1. The number of halogens is 1. The van der Waals surface area contributed by atoms with Crippen molar-refractivity contribution in [2.24, 2.45) is 0 Å². The largest absolute Gasteiger partial charge is 0.407 e. The van der Waals surface area contributed by atoms with Crippen LogP contribution in [0.4, 0.5) is 6.01 Å². The summed E-state index contributed by atoms with van der Waals surface area (Å²) in [5.41, 5.74) is 1.59. The predicted octanol–water partition coefficient (Wildman–Crippen LogP) is 5.18. The van der Waals surface area contributed by atoms with Crippen molar-refractivity contribution in [2.45, 2.75) is 30.4 Å². The molecule has 1 N–H and O–H groups in total. The molecule has 1 amide bonds. The van der Waals surface area contributed by atoms with Crippen LogP contribution in [-0.2, 0) is 6.42 Å². The van der Waals surface area contributed by atoms with Gasteiger partial charge in [-0.25, -0.2) is 0 Å². The first-order valence-corrected chi connectivity index (χ1v) is 9.82. The molecule has 0 bridgehead atoms. The molecule has 0 saturated carbocycles. The van der Waals surface area contributed by atoms with Gasteiger partial charge in [-0.2, -0.15) is 0 Å². The molecule has 134 valence electrons. The Bertz CT molecular complexity index is 894. The number of anilines is 1. The average molecular weight is 432 g/mol. The van der Waals surface area contributed by atoms with Crippen LogP contribution in [0.2, 0.25) is 0 Å². The molecule has 1 heterocycles. The molecule has 5 nitrogen and oxygen atoms in total. The Morgan fingerprint density at radius 1 is 1.19 bits per heavy atom. The fraction of sp³-hybridized carbons (Fsp3) is 0.211. The number of hydrogen-bond acceptors (Lipinski definition) is 5. The van der Waals surface area contributed by atoms with E-state index >= 15 is 0 Å². The Morgan fingerprint density at radius 2 is 1.96 bits per heavy atom. The van der Waals surface area contributed by atoms with Crippen LogP contribution in [0.25, 0.3) is 0 Å². The van der Waals surface area contributed by atoms with Crippen molar-refractivity contribution in [3.05, 3.63) is 70.0 Å². The Hall–Kier alpha value is -2.12. The van der Waals surface area contributed by atoms with Crippen molar-refractivity contribution in [3.63, 3.8) is 0 Å². The lowest BCUT2D eigenvalue weighted by molar-refractivity contribution is 0.102. The van der Waals surface area contributed by atoms with Crippen LogP contribution >= 0.6 is 27.7 Å². The maximum Gasteiger partial charge on any atom is 0.322 e. The molecule has 2 aromatic carbocycles.